The summed E-state index contributed by atoms with van der Waals surface area (Å²) in [6, 6.07) is 3.82. The third kappa shape index (κ3) is 3.27. The molecule has 0 saturated heterocycles. The van der Waals surface area contributed by atoms with Crippen LogP contribution in [0.2, 0.25) is 0 Å². The van der Waals surface area contributed by atoms with Crippen molar-refractivity contribution in [2.75, 3.05) is 0 Å². The Morgan fingerprint density at radius 1 is 1.46 bits per heavy atom. The summed E-state index contributed by atoms with van der Waals surface area (Å²) >= 11 is 0. The maximum atomic E-state index is 5.50. The predicted molar refractivity (Wildman–Crippen MR) is 51.9 cm³/mol. The zero-order valence-electron chi connectivity index (χ0n) is 7.95. The molecule has 2 heteroatoms. The number of ether oxygens (including phenoxy) is 1. The van der Waals surface area contributed by atoms with Crippen molar-refractivity contribution in [2.24, 2.45) is 0 Å². The first kappa shape index (κ1) is 9.76. The van der Waals surface area contributed by atoms with Gasteiger partial charge in [-0.15, -0.1) is 6.42 Å². The minimum Gasteiger partial charge on any atom is -0.358 e. The molecule has 0 atom stereocenters. The molecule has 0 saturated carbocycles. The quantitative estimate of drug-likeness (QED) is 0.655. The monoisotopic (exact) mass is 175 g/mol. The Bertz CT molecular complexity index is 298. The molecule has 0 aliphatic rings. The van der Waals surface area contributed by atoms with Gasteiger partial charge in [0.05, 0.1) is 6.61 Å². The van der Waals surface area contributed by atoms with E-state index >= 15 is 0 Å². The number of nitrogens with zero attached hydrogens (tertiary/aromatic N) is 1. The van der Waals surface area contributed by atoms with Crippen LogP contribution >= 0.6 is 0 Å². The van der Waals surface area contributed by atoms with Gasteiger partial charge in [0, 0.05) is 12.4 Å². The predicted octanol–water partition coefficient (Wildman–Crippen LogP) is 2.01. The largest absolute Gasteiger partial charge is 0.358 e. The topological polar surface area (TPSA) is 22.1 Å². The number of terminal acetylenes is 1. The Balaban J connectivity index is 2.50. The van der Waals surface area contributed by atoms with Crippen LogP contribution in [0.15, 0.2) is 24.5 Å². The molecule has 0 bridgehead atoms. The van der Waals surface area contributed by atoms with E-state index in [1.807, 2.05) is 26.0 Å². The fourth-order valence-electron chi connectivity index (χ4n) is 0.784. The number of rotatable bonds is 3. The van der Waals surface area contributed by atoms with Crippen LogP contribution in [-0.4, -0.2) is 10.6 Å². The highest BCUT2D eigenvalue weighted by molar-refractivity contribution is 5.09. The van der Waals surface area contributed by atoms with Crippen molar-refractivity contribution in [1.29, 1.82) is 0 Å². The summed E-state index contributed by atoms with van der Waals surface area (Å²) in [5, 5.41) is 0. The lowest BCUT2D eigenvalue weighted by atomic mass is 10.1. The number of aromatic nitrogens is 1. The molecule has 0 N–H and O–H groups in total. The van der Waals surface area contributed by atoms with E-state index in [9.17, 15) is 0 Å². The molecule has 1 aromatic heterocycles. The van der Waals surface area contributed by atoms with Crippen LogP contribution in [0.25, 0.3) is 0 Å². The average Bonchev–Trinajstić information content (AvgIpc) is 2.17. The molecule has 2 nitrogen and oxygen atoms in total. The lowest BCUT2D eigenvalue weighted by molar-refractivity contribution is 0.0145. The van der Waals surface area contributed by atoms with Gasteiger partial charge in [0.25, 0.3) is 0 Å². The maximum absolute atomic E-state index is 5.50. The highest BCUT2D eigenvalue weighted by atomic mass is 16.5. The summed E-state index contributed by atoms with van der Waals surface area (Å²) in [6.07, 6.45) is 8.76. The molecule has 0 unspecified atom stereocenters. The lowest BCUT2D eigenvalue weighted by Crippen LogP contribution is -2.21. The van der Waals surface area contributed by atoms with Gasteiger partial charge in [0.1, 0.15) is 5.60 Å². The number of hydrogen-bond donors (Lipinski definition) is 0. The van der Waals surface area contributed by atoms with Gasteiger partial charge in [0.2, 0.25) is 0 Å². The molecule has 0 spiro atoms. The molecule has 1 heterocycles. The van der Waals surface area contributed by atoms with Crippen LogP contribution in [0.3, 0.4) is 0 Å². The number of hydrogen-bond acceptors (Lipinski definition) is 2. The van der Waals surface area contributed by atoms with E-state index in [1.54, 1.807) is 12.4 Å². The Morgan fingerprint density at radius 3 is 2.62 bits per heavy atom. The standard InChI is InChI=1S/C11H13NO/c1-4-11(2,3)13-9-10-5-7-12-8-6-10/h1,5-8H,9H2,2-3H3. The molecule has 0 aliphatic heterocycles. The SMILES string of the molecule is C#CC(C)(C)OCc1ccncc1. The highest BCUT2D eigenvalue weighted by Gasteiger charge is 2.13. The zero-order valence-corrected chi connectivity index (χ0v) is 7.95. The molecule has 0 aliphatic carbocycles. The van der Waals surface area contributed by atoms with E-state index in [0.29, 0.717) is 6.61 Å². The average molecular weight is 175 g/mol. The summed E-state index contributed by atoms with van der Waals surface area (Å²) < 4.78 is 5.50. The Labute approximate surface area is 79.0 Å². The molecular weight excluding hydrogens is 162 g/mol. The van der Waals surface area contributed by atoms with Crippen molar-refractivity contribution in [1.82, 2.24) is 4.98 Å². The second-order valence-electron chi connectivity index (χ2n) is 3.30. The summed E-state index contributed by atoms with van der Waals surface area (Å²) in [7, 11) is 0. The summed E-state index contributed by atoms with van der Waals surface area (Å²) in [5.74, 6) is 2.57. The van der Waals surface area contributed by atoms with Crippen LogP contribution < -0.4 is 0 Å². The van der Waals surface area contributed by atoms with Gasteiger partial charge in [-0.3, -0.25) is 4.98 Å². The minimum atomic E-state index is -0.497. The normalized spacial score (nSPS) is 10.8. The highest BCUT2D eigenvalue weighted by Crippen LogP contribution is 2.10. The van der Waals surface area contributed by atoms with Gasteiger partial charge in [-0.05, 0) is 31.5 Å². The van der Waals surface area contributed by atoms with Crippen molar-refractivity contribution >= 4 is 0 Å². The number of pyridine rings is 1. The first-order valence-corrected chi connectivity index (χ1v) is 4.15. The first-order chi connectivity index (χ1) is 6.14. The van der Waals surface area contributed by atoms with E-state index < -0.39 is 5.60 Å². The summed E-state index contributed by atoms with van der Waals surface area (Å²) in [6.45, 7) is 4.27. The third-order valence-electron chi connectivity index (χ3n) is 1.70. The first-order valence-electron chi connectivity index (χ1n) is 4.15. The molecule has 0 amide bonds. The third-order valence-corrected chi connectivity index (χ3v) is 1.70. The Hall–Kier alpha value is -1.33. The lowest BCUT2D eigenvalue weighted by Gasteiger charge is -2.18. The second-order valence-corrected chi connectivity index (χ2v) is 3.30. The molecule has 1 rings (SSSR count). The smallest absolute Gasteiger partial charge is 0.123 e. The molecule has 13 heavy (non-hydrogen) atoms. The minimum absolute atomic E-state index is 0.497. The van der Waals surface area contributed by atoms with E-state index in [2.05, 4.69) is 10.9 Å². The van der Waals surface area contributed by atoms with Gasteiger partial charge >= 0.3 is 0 Å². The molecule has 0 fully saturated rings. The van der Waals surface area contributed by atoms with Crippen LogP contribution in [0.4, 0.5) is 0 Å². The van der Waals surface area contributed by atoms with E-state index in [1.165, 1.54) is 0 Å². The molecule has 68 valence electrons. The van der Waals surface area contributed by atoms with Gasteiger partial charge in [0.15, 0.2) is 0 Å². The molecule has 0 aromatic carbocycles. The van der Waals surface area contributed by atoms with E-state index in [0.717, 1.165) is 5.56 Å². The fourth-order valence-corrected chi connectivity index (χ4v) is 0.784. The van der Waals surface area contributed by atoms with Crippen LogP contribution in [-0.2, 0) is 11.3 Å². The van der Waals surface area contributed by atoms with Crippen molar-refractivity contribution in [3.8, 4) is 12.3 Å². The van der Waals surface area contributed by atoms with Crippen molar-refractivity contribution < 1.29 is 4.74 Å². The van der Waals surface area contributed by atoms with Gasteiger partial charge in [-0.25, -0.2) is 0 Å². The molecule has 1 aromatic rings. The van der Waals surface area contributed by atoms with Gasteiger partial charge < -0.3 is 4.74 Å². The Morgan fingerprint density at radius 2 is 2.08 bits per heavy atom. The summed E-state index contributed by atoms with van der Waals surface area (Å²) in [5.41, 5.74) is 0.585. The van der Waals surface area contributed by atoms with Crippen molar-refractivity contribution in [3.05, 3.63) is 30.1 Å². The zero-order chi connectivity index (χ0) is 9.73. The van der Waals surface area contributed by atoms with Gasteiger partial charge in [-0.2, -0.15) is 0 Å². The second kappa shape index (κ2) is 4.06. The van der Waals surface area contributed by atoms with E-state index in [-0.39, 0.29) is 0 Å². The van der Waals surface area contributed by atoms with Crippen molar-refractivity contribution in [2.45, 2.75) is 26.1 Å². The molecule has 0 radical (unpaired) electrons. The molecular formula is C11H13NO. The van der Waals surface area contributed by atoms with Gasteiger partial charge in [-0.1, -0.05) is 5.92 Å². The van der Waals surface area contributed by atoms with Crippen molar-refractivity contribution in [3.63, 3.8) is 0 Å². The Kier molecular flexibility index (Phi) is 3.05. The fraction of sp³-hybridized carbons (Fsp3) is 0.364. The van der Waals surface area contributed by atoms with Crippen LogP contribution in [0.1, 0.15) is 19.4 Å². The van der Waals surface area contributed by atoms with Crippen LogP contribution in [0.5, 0.6) is 0 Å². The van der Waals surface area contributed by atoms with E-state index in [4.69, 9.17) is 11.2 Å². The van der Waals surface area contributed by atoms with Crippen LogP contribution in [0, 0.1) is 12.3 Å². The maximum Gasteiger partial charge on any atom is 0.123 e. The summed E-state index contributed by atoms with van der Waals surface area (Å²) in [4.78, 5) is 3.91.